The molecule has 1 aromatic rings. The van der Waals surface area contributed by atoms with Crippen molar-refractivity contribution in [1.29, 1.82) is 5.26 Å². The van der Waals surface area contributed by atoms with Crippen molar-refractivity contribution in [2.75, 3.05) is 13.1 Å². The molecule has 0 atom stereocenters. The zero-order valence-electron chi connectivity index (χ0n) is 10.2. The van der Waals surface area contributed by atoms with E-state index in [4.69, 9.17) is 34.2 Å². The number of nitriles is 1. The Bertz CT molecular complexity index is 635. The minimum atomic E-state index is -3.94. The number of rotatable bonds is 6. The molecule has 108 valence electrons. The number of hydrogen-bond donors (Lipinski definition) is 1. The molecule has 0 aliphatic carbocycles. The molecule has 1 aromatic carbocycles. The Morgan fingerprint density at radius 1 is 1.35 bits per heavy atom. The van der Waals surface area contributed by atoms with Crippen LogP contribution in [-0.2, 0) is 20.6 Å². The smallest absolute Gasteiger partial charge is 0.232 e. The molecule has 0 saturated heterocycles. The summed E-state index contributed by atoms with van der Waals surface area (Å²) >= 11 is 11.8. The van der Waals surface area contributed by atoms with E-state index < -0.39 is 34.8 Å². The van der Waals surface area contributed by atoms with Gasteiger partial charge in [0.15, 0.2) is 0 Å². The van der Waals surface area contributed by atoms with Crippen LogP contribution in [0.25, 0.3) is 0 Å². The fourth-order valence-electron chi connectivity index (χ4n) is 1.45. The monoisotopic (exact) mass is 335 g/mol. The van der Waals surface area contributed by atoms with Crippen LogP contribution in [0, 0.1) is 11.3 Å². The van der Waals surface area contributed by atoms with Crippen molar-refractivity contribution in [2.24, 2.45) is 5.73 Å². The van der Waals surface area contributed by atoms with Crippen LogP contribution in [0.15, 0.2) is 18.2 Å². The standard InChI is InChI=1S/C11H11Cl2N3O3S/c12-9-2-1-3-10(13)8(9)7-20(18,19)16(5-4-14)6-11(15)17/h1-3H,5-7H2,(H2,15,17). The van der Waals surface area contributed by atoms with Crippen molar-refractivity contribution in [1.82, 2.24) is 4.31 Å². The van der Waals surface area contributed by atoms with Crippen molar-refractivity contribution in [3.8, 4) is 6.07 Å². The molecular weight excluding hydrogens is 325 g/mol. The molecular formula is C11H11Cl2N3O3S. The van der Waals surface area contributed by atoms with Gasteiger partial charge in [-0.3, -0.25) is 4.79 Å². The molecule has 0 heterocycles. The van der Waals surface area contributed by atoms with Crippen LogP contribution >= 0.6 is 23.2 Å². The molecule has 0 unspecified atom stereocenters. The van der Waals surface area contributed by atoms with Crippen LogP contribution in [0.4, 0.5) is 0 Å². The van der Waals surface area contributed by atoms with E-state index in [1.54, 1.807) is 12.1 Å². The van der Waals surface area contributed by atoms with E-state index >= 15 is 0 Å². The van der Waals surface area contributed by atoms with Gasteiger partial charge in [0, 0.05) is 15.6 Å². The first-order valence-electron chi connectivity index (χ1n) is 5.34. The molecule has 0 aliphatic heterocycles. The van der Waals surface area contributed by atoms with Gasteiger partial charge in [-0.1, -0.05) is 29.3 Å². The lowest BCUT2D eigenvalue weighted by Gasteiger charge is -2.18. The van der Waals surface area contributed by atoms with E-state index in [9.17, 15) is 13.2 Å². The van der Waals surface area contributed by atoms with Gasteiger partial charge in [-0.25, -0.2) is 8.42 Å². The third kappa shape index (κ3) is 4.35. The van der Waals surface area contributed by atoms with E-state index in [0.717, 1.165) is 0 Å². The largest absolute Gasteiger partial charge is 0.369 e. The van der Waals surface area contributed by atoms with E-state index in [1.165, 1.54) is 12.1 Å². The quantitative estimate of drug-likeness (QED) is 0.786. The van der Waals surface area contributed by atoms with E-state index in [2.05, 4.69) is 0 Å². The van der Waals surface area contributed by atoms with E-state index in [0.29, 0.717) is 4.31 Å². The van der Waals surface area contributed by atoms with E-state index in [1.807, 2.05) is 0 Å². The number of benzene rings is 1. The predicted molar refractivity (Wildman–Crippen MR) is 75.5 cm³/mol. The van der Waals surface area contributed by atoms with Gasteiger partial charge >= 0.3 is 0 Å². The molecule has 0 spiro atoms. The van der Waals surface area contributed by atoms with Gasteiger partial charge in [0.2, 0.25) is 15.9 Å². The highest BCUT2D eigenvalue weighted by Crippen LogP contribution is 2.27. The molecule has 0 saturated carbocycles. The number of nitrogens with two attached hydrogens (primary N) is 1. The summed E-state index contributed by atoms with van der Waals surface area (Å²) in [5, 5.41) is 9.01. The van der Waals surface area contributed by atoms with Crippen molar-refractivity contribution < 1.29 is 13.2 Å². The Morgan fingerprint density at radius 3 is 2.35 bits per heavy atom. The summed E-state index contributed by atoms with van der Waals surface area (Å²) in [7, 11) is -3.94. The van der Waals surface area contributed by atoms with Gasteiger partial charge in [-0.15, -0.1) is 0 Å². The number of carbonyl (C=O) groups excluding carboxylic acids is 1. The number of primary amides is 1. The summed E-state index contributed by atoms with van der Waals surface area (Å²) in [6, 6.07) is 6.25. The molecule has 0 bridgehead atoms. The maximum absolute atomic E-state index is 12.2. The molecule has 1 rings (SSSR count). The Morgan fingerprint density at radius 2 is 1.90 bits per heavy atom. The van der Waals surface area contributed by atoms with E-state index in [-0.39, 0.29) is 15.6 Å². The topological polar surface area (TPSA) is 104 Å². The summed E-state index contributed by atoms with van der Waals surface area (Å²) in [4.78, 5) is 10.9. The number of sulfonamides is 1. The fourth-order valence-corrected chi connectivity index (χ4v) is 3.58. The maximum atomic E-state index is 12.2. The van der Waals surface area contributed by atoms with Crippen LogP contribution in [-0.4, -0.2) is 31.7 Å². The lowest BCUT2D eigenvalue weighted by atomic mass is 10.2. The number of halogens is 2. The highest BCUT2D eigenvalue weighted by Gasteiger charge is 2.25. The van der Waals surface area contributed by atoms with Crippen LogP contribution in [0.2, 0.25) is 10.0 Å². The average Bonchev–Trinajstić information content (AvgIpc) is 2.33. The zero-order chi connectivity index (χ0) is 15.3. The van der Waals surface area contributed by atoms with Crippen molar-refractivity contribution in [3.63, 3.8) is 0 Å². The van der Waals surface area contributed by atoms with Crippen molar-refractivity contribution in [2.45, 2.75) is 5.75 Å². The lowest BCUT2D eigenvalue weighted by molar-refractivity contribution is -0.118. The van der Waals surface area contributed by atoms with Gasteiger partial charge in [-0.05, 0) is 12.1 Å². The molecule has 1 amide bonds. The van der Waals surface area contributed by atoms with Crippen LogP contribution in [0.1, 0.15) is 5.56 Å². The Labute approximate surface area is 126 Å². The second-order valence-corrected chi connectivity index (χ2v) is 6.63. The molecule has 0 aromatic heterocycles. The zero-order valence-corrected chi connectivity index (χ0v) is 12.5. The normalized spacial score (nSPS) is 11.3. The fraction of sp³-hybridized carbons (Fsp3) is 0.273. The number of nitrogens with zero attached hydrogens (tertiary/aromatic N) is 2. The second kappa shape index (κ2) is 6.90. The predicted octanol–water partition coefficient (Wildman–Crippen LogP) is 1.13. The first kappa shape index (κ1) is 16.7. The van der Waals surface area contributed by atoms with Gasteiger partial charge in [0.1, 0.15) is 6.54 Å². The molecule has 2 N–H and O–H groups in total. The molecule has 0 aliphatic rings. The highest BCUT2D eigenvalue weighted by atomic mass is 35.5. The van der Waals surface area contributed by atoms with Crippen molar-refractivity contribution >= 4 is 39.1 Å². The van der Waals surface area contributed by atoms with Crippen LogP contribution in [0.3, 0.4) is 0 Å². The van der Waals surface area contributed by atoms with Gasteiger partial charge < -0.3 is 5.73 Å². The van der Waals surface area contributed by atoms with Crippen LogP contribution < -0.4 is 5.73 Å². The SMILES string of the molecule is N#CCN(CC(N)=O)S(=O)(=O)Cc1c(Cl)cccc1Cl. The minimum Gasteiger partial charge on any atom is -0.369 e. The first-order chi connectivity index (χ1) is 9.27. The van der Waals surface area contributed by atoms with Gasteiger partial charge in [-0.2, -0.15) is 9.57 Å². The Hall–Kier alpha value is -1.33. The lowest BCUT2D eigenvalue weighted by Crippen LogP contribution is -2.39. The Balaban J connectivity index is 3.09. The Kier molecular flexibility index (Phi) is 5.77. The molecule has 9 heteroatoms. The van der Waals surface area contributed by atoms with Crippen molar-refractivity contribution in [3.05, 3.63) is 33.8 Å². The summed E-state index contributed by atoms with van der Waals surface area (Å²) < 4.78 is 25.0. The average molecular weight is 336 g/mol. The second-order valence-electron chi connectivity index (χ2n) is 3.85. The third-order valence-electron chi connectivity index (χ3n) is 2.36. The van der Waals surface area contributed by atoms with Crippen LogP contribution in [0.5, 0.6) is 0 Å². The first-order valence-corrected chi connectivity index (χ1v) is 7.70. The number of carbonyl (C=O) groups is 1. The summed E-state index contributed by atoms with van der Waals surface area (Å²) in [6.07, 6.45) is 0. The van der Waals surface area contributed by atoms with Gasteiger partial charge in [0.05, 0.1) is 18.4 Å². The summed E-state index contributed by atoms with van der Waals surface area (Å²) in [5.74, 6) is -1.37. The minimum absolute atomic E-state index is 0.192. The number of amides is 1. The highest BCUT2D eigenvalue weighted by molar-refractivity contribution is 7.88. The summed E-state index contributed by atoms with van der Waals surface area (Å²) in [6.45, 7) is -1.05. The van der Waals surface area contributed by atoms with Gasteiger partial charge in [0.25, 0.3) is 0 Å². The molecule has 6 nitrogen and oxygen atoms in total. The maximum Gasteiger partial charge on any atom is 0.232 e. The molecule has 20 heavy (non-hydrogen) atoms. The molecule has 0 radical (unpaired) electrons. The number of hydrogen-bond acceptors (Lipinski definition) is 4. The third-order valence-corrected chi connectivity index (χ3v) is 4.77. The molecule has 0 fully saturated rings. The summed E-state index contributed by atoms with van der Waals surface area (Å²) in [5.41, 5.74) is 5.18.